The number of nitrogens with zero attached hydrogens (tertiary/aromatic N) is 2. The van der Waals surface area contributed by atoms with Gasteiger partial charge in [0, 0.05) is 25.2 Å². The number of piperidine rings is 1. The van der Waals surface area contributed by atoms with Crippen molar-refractivity contribution in [2.45, 2.75) is 37.5 Å². The Hall–Kier alpha value is -0.860. The molecule has 2 heterocycles. The molecule has 3 N–H and O–H groups in total. The summed E-state index contributed by atoms with van der Waals surface area (Å²) in [5.74, 6) is -0.561. The molecule has 0 radical (unpaired) electrons. The number of carbonyl (C=O) groups is 1. The van der Waals surface area contributed by atoms with Crippen molar-refractivity contribution in [1.29, 1.82) is 0 Å². The summed E-state index contributed by atoms with van der Waals surface area (Å²) >= 11 is 0. The zero-order valence-electron chi connectivity index (χ0n) is 12.0. The lowest BCUT2D eigenvalue weighted by atomic mass is 10.0. The molecule has 2 rings (SSSR count). The minimum absolute atomic E-state index is 0.0416. The van der Waals surface area contributed by atoms with E-state index in [9.17, 15) is 18.0 Å². The average molecular weight is 308 g/mol. The van der Waals surface area contributed by atoms with Gasteiger partial charge in [-0.2, -0.15) is 13.2 Å². The highest BCUT2D eigenvalue weighted by molar-refractivity contribution is 5.78. The molecule has 1 atom stereocenters. The minimum atomic E-state index is -4.35. The maximum Gasteiger partial charge on any atom is 0.405 e. The molecule has 0 aliphatic carbocycles. The molecule has 122 valence electrons. The average Bonchev–Trinajstić information content (AvgIpc) is 2.85. The summed E-state index contributed by atoms with van der Waals surface area (Å²) in [6.07, 6.45) is -1.41. The molecule has 2 aliphatic rings. The van der Waals surface area contributed by atoms with Crippen LogP contribution in [-0.4, -0.2) is 73.2 Å². The fraction of sp³-hybridized carbons (Fsp3) is 0.923. The first-order valence-electron chi connectivity index (χ1n) is 7.39. The van der Waals surface area contributed by atoms with Gasteiger partial charge in [-0.25, -0.2) is 0 Å². The van der Waals surface area contributed by atoms with E-state index in [0.29, 0.717) is 6.04 Å². The van der Waals surface area contributed by atoms with E-state index in [-0.39, 0.29) is 12.6 Å². The number of amides is 1. The number of nitrogens with one attached hydrogen (secondary N) is 1. The Morgan fingerprint density at radius 3 is 2.48 bits per heavy atom. The summed E-state index contributed by atoms with van der Waals surface area (Å²) in [5, 5.41) is 1.91. The highest BCUT2D eigenvalue weighted by Gasteiger charge is 2.31. The Kier molecular flexibility index (Phi) is 5.45. The Labute approximate surface area is 122 Å². The second-order valence-corrected chi connectivity index (χ2v) is 5.94. The van der Waals surface area contributed by atoms with Crippen LogP contribution >= 0.6 is 0 Å². The molecular weight excluding hydrogens is 285 g/mol. The molecule has 1 amide bonds. The lowest BCUT2D eigenvalue weighted by molar-refractivity contribution is -0.138. The van der Waals surface area contributed by atoms with Crippen LogP contribution in [0.1, 0.15) is 19.3 Å². The van der Waals surface area contributed by atoms with Crippen molar-refractivity contribution in [1.82, 2.24) is 15.1 Å². The Morgan fingerprint density at radius 1 is 1.19 bits per heavy atom. The van der Waals surface area contributed by atoms with Crippen molar-refractivity contribution >= 4 is 5.91 Å². The molecule has 21 heavy (non-hydrogen) atoms. The van der Waals surface area contributed by atoms with Crippen LogP contribution in [-0.2, 0) is 4.79 Å². The number of rotatable bonds is 4. The maximum atomic E-state index is 12.0. The zero-order valence-corrected chi connectivity index (χ0v) is 12.0. The second-order valence-electron chi connectivity index (χ2n) is 5.94. The second kappa shape index (κ2) is 6.93. The summed E-state index contributed by atoms with van der Waals surface area (Å²) in [7, 11) is 0. The van der Waals surface area contributed by atoms with Gasteiger partial charge in [0.1, 0.15) is 6.54 Å². The third-order valence-corrected chi connectivity index (χ3v) is 4.19. The molecule has 0 spiro atoms. The van der Waals surface area contributed by atoms with Crippen molar-refractivity contribution < 1.29 is 18.0 Å². The fourth-order valence-corrected chi connectivity index (χ4v) is 3.00. The summed E-state index contributed by atoms with van der Waals surface area (Å²) in [6.45, 7) is 2.23. The molecule has 2 aliphatic heterocycles. The van der Waals surface area contributed by atoms with Crippen LogP contribution in [0.25, 0.3) is 0 Å². The first-order valence-corrected chi connectivity index (χ1v) is 7.39. The molecule has 1 unspecified atom stereocenters. The van der Waals surface area contributed by atoms with Crippen LogP contribution in [0, 0.1) is 0 Å². The van der Waals surface area contributed by atoms with E-state index in [1.807, 2.05) is 10.2 Å². The van der Waals surface area contributed by atoms with Gasteiger partial charge < -0.3 is 11.1 Å². The lowest BCUT2D eigenvalue weighted by Crippen LogP contribution is -2.46. The number of carbonyl (C=O) groups excluding carboxylic acids is 1. The van der Waals surface area contributed by atoms with Gasteiger partial charge in [-0.3, -0.25) is 14.6 Å². The Bertz CT molecular complexity index is 356. The molecule has 2 fully saturated rings. The molecule has 0 aromatic carbocycles. The summed E-state index contributed by atoms with van der Waals surface area (Å²) < 4.78 is 36.1. The maximum absolute atomic E-state index is 12.0. The summed E-state index contributed by atoms with van der Waals surface area (Å²) in [4.78, 5) is 15.8. The SMILES string of the molecule is NC1CCN(C2CCN(CC(=O)NCC(F)(F)F)C2)CC1. The van der Waals surface area contributed by atoms with Gasteiger partial charge in [0.2, 0.25) is 5.91 Å². The van der Waals surface area contributed by atoms with Gasteiger partial charge in [-0.1, -0.05) is 0 Å². The van der Waals surface area contributed by atoms with Crippen LogP contribution in [0.2, 0.25) is 0 Å². The van der Waals surface area contributed by atoms with E-state index in [1.54, 1.807) is 0 Å². The summed E-state index contributed by atoms with van der Waals surface area (Å²) in [5.41, 5.74) is 5.88. The van der Waals surface area contributed by atoms with E-state index < -0.39 is 18.6 Å². The third kappa shape index (κ3) is 5.44. The normalized spacial score (nSPS) is 26.2. The smallest absolute Gasteiger partial charge is 0.346 e. The highest BCUT2D eigenvalue weighted by atomic mass is 19.4. The predicted octanol–water partition coefficient (Wildman–Crippen LogP) is 0.162. The molecular formula is C13H23F3N4O. The number of hydrogen-bond donors (Lipinski definition) is 2. The molecule has 0 aromatic heterocycles. The zero-order chi connectivity index (χ0) is 15.5. The lowest BCUT2D eigenvalue weighted by Gasteiger charge is -2.34. The quantitative estimate of drug-likeness (QED) is 0.777. The molecule has 0 aromatic rings. The molecule has 0 saturated carbocycles. The Balaban J connectivity index is 1.69. The van der Waals surface area contributed by atoms with Gasteiger partial charge in [0.15, 0.2) is 0 Å². The van der Waals surface area contributed by atoms with Crippen molar-refractivity contribution in [3.05, 3.63) is 0 Å². The predicted molar refractivity (Wildman–Crippen MR) is 72.7 cm³/mol. The molecule has 2 saturated heterocycles. The van der Waals surface area contributed by atoms with Crippen LogP contribution in [0.15, 0.2) is 0 Å². The van der Waals surface area contributed by atoms with E-state index >= 15 is 0 Å². The number of alkyl halides is 3. The van der Waals surface area contributed by atoms with E-state index in [0.717, 1.165) is 45.4 Å². The van der Waals surface area contributed by atoms with Crippen LogP contribution in [0.4, 0.5) is 13.2 Å². The van der Waals surface area contributed by atoms with Crippen LogP contribution < -0.4 is 11.1 Å². The molecule has 0 bridgehead atoms. The minimum Gasteiger partial charge on any atom is -0.346 e. The van der Waals surface area contributed by atoms with E-state index in [4.69, 9.17) is 5.73 Å². The number of nitrogens with two attached hydrogens (primary N) is 1. The van der Waals surface area contributed by atoms with Crippen molar-refractivity contribution in [2.75, 3.05) is 39.3 Å². The van der Waals surface area contributed by atoms with Gasteiger partial charge in [0.05, 0.1) is 6.54 Å². The highest BCUT2D eigenvalue weighted by Crippen LogP contribution is 2.19. The standard InChI is InChI=1S/C13H23F3N4O/c14-13(15,16)9-18-12(21)8-19-4-3-11(7-19)20-5-1-10(17)2-6-20/h10-11H,1-9,17H2,(H,18,21). The third-order valence-electron chi connectivity index (χ3n) is 4.19. The van der Waals surface area contributed by atoms with Crippen molar-refractivity contribution in [2.24, 2.45) is 5.73 Å². The van der Waals surface area contributed by atoms with Crippen LogP contribution in [0.5, 0.6) is 0 Å². The number of halogens is 3. The Morgan fingerprint density at radius 2 is 1.86 bits per heavy atom. The van der Waals surface area contributed by atoms with Gasteiger partial charge in [0.25, 0.3) is 0 Å². The van der Waals surface area contributed by atoms with Crippen molar-refractivity contribution in [3.8, 4) is 0 Å². The first kappa shape index (κ1) is 16.5. The molecule has 8 heteroatoms. The first-order chi connectivity index (χ1) is 9.83. The van der Waals surface area contributed by atoms with E-state index in [1.165, 1.54) is 0 Å². The number of likely N-dealkylation sites (tertiary alicyclic amines) is 2. The monoisotopic (exact) mass is 308 g/mol. The number of hydrogen-bond acceptors (Lipinski definition) is 4. The van der Waals surface area contributed by atoms with Crippen molar-refractivity contribution in [3.63, 3.8) is 0 Å². The van der Waals surface area contributed by atoms with E-state index in [2.05, 4.69) is 4.90 Å². The van der Waals surface area contributed by atoms with Crippen LogP contribution in [0.3, 0.4) is 0 Å². The van der Waals surface area contributed by atoms with Gasteiger partial charge in [-0.15, -0.1) is 0 Å². The topological polar surface area (TPSA) is 61.6 Å². The largest absolute Gasteiger partial charge is 0.405 e. The van der Waals surface area contributed by atoms with Gasteiger partial charge >= 0.3 is 6.18 Å². The summed E-state index contributed by atoms with van der Waals surface area (Å²) in [6, 6.07) is 0.680. The molecule has 5 nitrogen and oxygen atoms in total. The fourth-order valence-electron chi connectivity index (χ4n) is 3.00. The van der Waals surface area contributed by atoms with Gasteiger partial charge in [-0.05, 0) is 32.4 Å².